The highest BCUT2D eigenvalue weighted by Crippen LogP contribution is 2.37. The van der Waals surface area contributed by atoms with E-state index in [0.717, 1.165) is 16.7 Å². The second kappa shape index (κ2) is 7.86. The molecule has 0 aliphatic rings. The largest absolute Gasteiger partial charge is 0.336 e. The fourth-order valence-corrected chi connectivity index (χ4v) is 4.23. The van der Waals surface area contributed by atoms with E-state index in [9.17, 15) is 18.2 Å². The Bertz CT molecular complexity index is 1760. The molecule has 176 valence electrons. The number of imidazole rings is 1. The predicted molar refractivity (Wildman–Crippen MR) is 128 cm³/mol. The molecule has 11 nitrogen and oxygen atoms in total. The Morgan fingerprint density at radius 3 is 2.46 bits per heavy atom. The highest BCUT2D eigenvalue weighted by atomic mass is 32.2. The van der Waals surface area contributed by atoms with E-state index in [1.165, 1.54) is 35.1 Å². The summed E-state index contributed by atoms with van der Waals surface area (Å²) >= 11 is 0. The first-order valence-electron chi connectivity index (χ1n) is 10.6. The minimum absolute atomic E-state index is 0.169. The number of rotatable bonds is 4. The van der Waals surface area contributed by atoms with E-state index in [-0.39, 0.29) is 21.7 Å². The number of azo groups is 1. The zero-order chi connectivity index (χ0) is 25.0. The molecule has 2 N–H and O–H groups in total. The number of nitrogens with zero attached hydrogens (tertiary/aromatic N) is 7. The highest BCUT2D eigenvalue weighted by molar-refractivity contribution is 7.85. The summed E-state index contributed by atoms with van der Waals surface area (Å²) in [6.07, 6.45) is 1.35. The molecule has 3 heterocycles. The number of fused-ring (bicyclic) bond motifs is 3. The van der Waals surface area contributed by atoms with Crippen LogP contribution in [0.15, 0.2) is 69.9 Å². The van der Waals surface area contributed by atoms with Gasteiger partial charge in [-0.15, -0.1) is 10.2 Å². The van der Waals surface area contributed by atoms with E-state index >= 15 is 0 Å². The third kappa shape index (κ3) is 3.86. The van der Waals surface area contributed by atoms with E-state index in [0.29, 0.717) is 17.0 Å². The molecule has 0 saturated carbocycles. The van der Waals surface area contributed by atoms with Crippen molar-refractivity contribution < 1.29 is 13.0 Å². The van der Waals surface area contributed by atoms with Gasteiger partial charge in [0.1, 0.15) is 11.6 Å². The zero-order valence-corrected chi connectivity index (χ0v) is 19.8. The van der Waals surface area contributed by atoms with Gasteiger partial charge in [-0.25, -0.2) is 9.20 Å². The van der Waals surface area contributed by atoms with E-state index < -0.39 is 10.1 Å². The standard InChI is InChI=1S/C23H20N8O3S/c1-23(2,3)20-19(22-26-17-6-4-5-7-18(17)31(22)29-20)27-28-21-14(12-24)13-25-30(21)15-8-10-16(11-9-15)35(32,33)34/h4-11,13,26H,1-3H3,(H,32,33,34)/b28-27+. The summed E-state index contributed by atoms with van der Waals surface area (Å²) in [7, 11) is -4.34. The lowest BCUT2D eigenvalue weighted by atomic mass is 9.91. The Morgan fingerprint density at radius 2 is 1.80 bits per heavy atom. The molecule has 2 aromatic carbocycles. The summed E-state index contributed by atoms with van der Waals surface area (Å²) in [6.45, 7) is 6.08. The number of hydrogen-bond acceptors (Lipinski definition) is 7. The fourth-order valence-electron chi connectivity index (χ4n) is 3.75. The molecule has 0 bridgehead atoms. The molecule has 0 fully saturated rings. The van der Waals surface area contributed by atoms with Gasteiger partial charge in [0, 0.05) is 5.41 Å². The monoisotopic (exact) mass is 488 g/mol. The normalized spacial score (nSPS) is 12.7. The van der Waals surface area contributed by atoms with E-state index in [4.69, 9.17) is 5.10 Å². The molecule has 3 aromatic heterocycles. The van der Waals surface area contributed by atoms with Crippen molar-refractivity contribution >= 4 is 38.3 Å². The van der Waals surface area contributed by atoms with Crippen molar-refractivity contribution in [1.29, 1.82) is 5.26 Å². The second-order valence-corrected chi connectivity index (χ2v) is 10.3. The summed E-state index contributed by atoms with van der Waals surface area (Å²) in [5.74, 6) is 0.169. The quantitative estimate of drug-likeness (QED) is 0.273. The van der Waals surface area contributed by atoms with Crippen LogP contribution < -0.4 is 0 Å². The summed E-state index contributed by atoms with van der Waals surface area (Å²) in [6, 6.07) is 15.2. The van der Waals surface area contributed by atoms with Crippen LogP contribution in [0.2, 0.25) is 0 Å². The lowest BCUT2D eigenvalue weighted by Gasteiger charge is -2.15. The predicted octanol–water partition coefficient (Wildman–Crippen LogP) is 4.83. The summed E-state index contributed by atoms with van der Waals surface area (Å²) in [4.78, 5) is 3.09. The molecule has 0 amide bonds. The Hall–Kier alpha value is -4.34. The molecule has 0 unspecified atom stereocenters. The Balaban J connectivity index is 1.66. The molecule has 5 rings (SSSR count). The van der Waals surface area contributed by atoms with Crippen LogP contribution >= 0.6 is 0 Å². The Labute approximate surface area is 200 Å². The number of nitrogens with one attached hydrogen (secondary N) is 1. The lowest BCUT2D eigenvalue weighted by Crippen LogP contribution is -2.12. The number of hydrogen-bond donors (Lipinski definition) is 2. The third-order valence-electron chi connectivity index (χ3n) is 5.44. The minimum atomic E-state index is -4.34. The van der Waals surface area contributed by atoms with Crippen LogP contribution in [0, 0.1) is 11.3 Å². The maximum Gasteiger partial charge on any atom is 0.294 e. The fraction of sp³-hybridized carbons (Fsp3) is 0.174. The van der Waals surface area contributed by atoms with Crippen molar-refractivity contribution in [3.8, 4) is 11.8 Å². The molecule has 12 heteroatoms. The van der Waals surface area contributed by atoms with Crippen molar-refractivity contribution in [1.82, 2.24) is 24.4 Å². The van der Waals surface area contributed by atoms with Gasteiger partial charge in [-0.05, 0) is 36.4 Å². The van der Waals surface area contributed by atoms with Gasteiger partial charge in [0.2, 0.25) is 0 Å². The van der Waals surface area contributed by atoms with E-state index in [2.05, 4.69) is 26.4 Å². The van der Waals surface area contributed by atoms with Crippen LogP contribution in [0.4, 0.5) is 11.5 Å². The zero-order valence-electron chi connectivity index (χ0n) is 19.0. The number of H-pyrrole nitrogens is 1. The minimum Gasteiger partial charge on any atom is -0.336 e. The van der Waals surface area contributed by atoms with Crippen LogP contribution in [0.5, 0.6) is 0 Å². The Morgan fingerprint density at radius 1 is 1.09 bits per heavy atom. The van der Waals surface area contributed by atoms with Crippen LogP contribution in [-0.4, -0.2) is 37.3 Å². The molecular weight excluding hydrogens is 468 g/mol. The van der Waals surface area contributed by atoms with Crippen LogP contribution in [0.25, 0.3) is 22.4 Å². The molecule has 0 atom stereocenters. The van der Waals surface area contributed by atoms with Gasteiger partial charge in [-0.2, -0.15) is 23.9 Å². The highest BCUT2D eigenvalue weighted by Gasteiger charge is 2.26. The SMILES string of the molecule is CC(C)(C)c1nn2c([nH]c3ccccc32)c1/N=N/c1c(C#N)cnn1-c1ccc(S(=O)(=O)O)cc1. The molecule has 0 aliphatic heterocycles. The molecule has 0 spiro atoms. The van der Waals surface area contributed by atoms with Gasteiger partial charge in [0.15, 0.2) is 17.2 Å². The van der Waals surface area contributed by atoms with Crippen LogP contribution in [-0.2, 0) is 15.5 Å². The number of nitriles is 1. The van der Waals surface area contributed by atoms with Crippen molar-refractivity contribution in [2.24, 2.45) is 10.2 Å². The average Bonchev–Trinajstić information content (AvgIpc) is 3.48. The van der Waals surface area contributed by atoms with Crippen molar-refractivity contribution in [3.63, 3.8) is 0 Å². The number of benzene rings is 2. The second-order valence-electron chi connectivity index (χ2n) is 8.92. The van der Waals surface area contributed by atoms with Gasteiger partial charge in [-0.3, -0.25) is 4.55 Å². The number of aromatic nitrogens is 5. The first-order valence-corrected chi connectivity index (χ1v) is 12.0. The van der Waals surface area contributed by atoms with Gasteiger partial charge >= 0.3 is 0 Å². The van der Waals surface area contributed by atoms with Crippen molar-refractivity contribution in [2.75, 3.05) is 0 Å². The smallest absolute Gasteiger partial charge is 0.294 e. The molecule has 0 saturated heterocycles. The van der Waals surface area contributed by atoms with Gasteiger partial charge < -0.3 is 4.98 Å². The molecule has 35 heavy (non-hydrogen) atoms. The maximum atomic E-state index is 11.4. The van der Waals surface area contributed by atoms with Crippen molar-refractivity contribution in [3.05, 3.63) is 66.0 Å². The molecular formula is C23H20N8O3S. The number of para-hydroxylation sites is 2. The van der Waals surface area contributed by atoms with Gasteiger partial charge in [-0.1, -0.05) is 32.9 Å². The van der Waals surface area contributed by atoms with Gasteiger partial charge in [0.25, 0.3) is 10.1 Å². The summed E-state index contributed by atoms with van der Waals surface area (Å²) < 4.78 is 35.1. The topological polar surface area (TPSA) is 154 Å². The molecule has 0 radical (unpaired) electrons. The van der Waals surface area contributed by atoms with Crippen LogP contribution in [0.3, 0.4) is 0 Å². The number of aromatic amines is 1. The van der Waals surface area contributed by atoms with E-state index in [1.54, 1.807) is 4.52 Å². The summed E-state index contributed by atoms with van der Waals surface area (Å²) in [5, 5.41) is 27.5. The average molecular weight is 489 g/mol. The maximum absolute atomic E-state index is 11.4. The third-order valence-corrected chi connectivity index (χ3v) is 6.31. The lowest BCUT2D eigenvalue weighted by molar-refractivity contribution is 0.483. The molecule has 5 aromatic rings. The van der Waals surface area contributed by atoms with Crippen molar-refractivity contribution in [2.45, 2.75) is 31.1 Å². The first kappa shape index (κ1) is 22.5. The molecule has 0 aliphatic carbocycles. The summed E-state index contributed by atoms with van der Waals surface area (Å²) in [5.41, 5.74) is 4.00. The Kier molecular flexibility index (Phi) is 5.04. The van der Waals surface area contributed by atoms with Gasteiger partial charge in [0.05, 0.1) is 33.5 Å². The van der Waals surface area contributed by atoms with Crippen LogP contribution in [0.1, 0.15) is 32.0 Å². The first-order chi connectivity index (χ1) is 16.6. The van der Waals surface area contributed by atoms with E-state index in [1.807, 2.05) is 45.0 Å².